The van der Waals surface area contributed by atoms with Gasteiger partial charge in [-0.1, -0.05) is 12.1 Å². The maximum atomic E-state index is 13.4. The van der Waals surface area contributed by atoms with Crippen molar-refractivity contribution in [1.82, 2.24) is 9.80 Å². The molecule has 1 aromatic rings. The first kappa shape index (κ1) is 16.2. The van der Waals surface area contributed by atoms with Gasteiger partial charge in [-0.2, -0.15) is 0 Å². The highest BCUT2D eigenvalue weighted by Crippen LogP contribution is 2.17. The summed E-state index contributed by atoms with van der Waals surface area (Å²) >= 11 is 0. The molecule has 0 bridgehead atoms. The van der Waals surface area contributed by atoms with Crippen LogP contribution in [0.1, 0.15) is 12.8 Å². The zero-order valence-corrected chi connectivity index (χ0v) is 13.2. The summed E-state index contributed by atoms with van der Waals surface area (Å²) in [5.74, 6) is 0.0870. The second kappa shape index (κ2) is 7.75. The molecule has 0 spiro atoms. The van der Waals surface area contributed by atoms with Crippen LogP contribution in [0.3, 0.4) is 0 Å². The number of hydrogen-bond donors (Lipinski definition) is 0. The van der Waals surface area contributed by atoms with E-state index in [0.717, 1.165) is 45.6 Å². The van der Waals surface area contributed by atoms with Gasteiger partial charge in [0.05, 0.1) is 0 Å². The molecule has 0 saturated carbocycles. The Morgan fingerprint density at radius 1 is 1.26 bits per heavy atom. The van der Waals surface area contributed by atoms with Gasteiger partial charge < -0.3 is 14.4 Å². The van der Waals surface area contributed by atoms with Crippen molar-refractivity contribution in [2.24, 2.45) is 0 Å². The van der Waals surface area contributed by atoms with Crippen LogP contribution in [0.2, 0.25) is 0 Å². The fraction of sp³-hybridized carbons (Fsp3) is 0.588. The lowest BCUT2D eigenvalue weighted by molar-refractivity contribution is -0.142. The van der Waals surface area contributed by atoms with Gasteiger partial charge in [-0.05, 0) is 25.0 Å². The van der Waals surface area contributed by atoms with Crippen molar-refractivity contribution < 1.29 is 18.7 Å². The average Bonchev–Trinajstić information content (AvgIpc) is 3.11. The second-order valence-corrected chi connectivity index (χ2v) is 5.95. The lowest BCUT2D eigenvalue weighted by atomic mass is 10.2. The Labute approximate surface area is 136 Å². The van der Waals surface area contributed by atoms with Crippen LogP contribution < -0.4 is 4.74 Å². The normalized spacial score (nSPS) is 22.3. The summed E-state index contributed by atoms with van der Waals surface area (Å²) in [5.41, 5.74) is 0. The molecular formula is C17H23FN2O3. The number of benzene rings is 1. The summed E-state index contributed by atoms with van der Waals surface area (Å²) in [6, 6.07) is 6.43. The quantitative estimate of drug-likeness (QED) is 0.824. The van der Waals surface area contributed by atoms with Gasteiger partial charge in [0.25, 0.3) is 5.91 Å². The fourth-order valence-corrected chi connectivity index (χ4v) is 3.01. The summed E-state index contributed by atoms with van der Waals surface area (Å²) in [4.78, 5) is 16.4. The summed E-state index contributed by atoms with van der Waals surface area (Å²) < 4.78 is 24.4. The van der Waals surface area contributed by atoms with Crippen molar-refractivity contribution in [3.05, 3.63) is 30.1 Å². The Kier molecular flexibility index (Phi) is 5.46. The molecule has 2 aliphatic rings. The number of piperazine rings is 1. The number of carbonyl (C=O) groups excluding carboxylic acids is 1. The Balaban J connectivity index is 1.37. The van der Waals surface area contributed by atoms with Crippen LogP contribution in [0.4, 0.5) is 4.39 Å². The van der Waals surface area contributed by atoms with E-state index in [0.29, 0.717) is 19.0 Å². The van der Waals surface area contributed by atoms with Gasteiger partial charge in [-0.25, -0.2) is 4.39 Å². The van der Waals surface area contributed by atoms with Crippen molar-refractivity contribution in [2.45, 2.75) is 18.9 Å². The summed E-state index contributed by atoms with van der Waals surface area (Å²) in [5, 5.41) is 0. The van der Waals surface area contributed by atoms with Gasteiger partial charge in [-0.3, -0.25) is 9.69 Å². The molecule has 0 radical (unpaired) electrons. The smallest absolute Gasteiger partial charge is 0.251 e. The van der Waals surface area contributed by atoms with Gasteiger partial charge in [0.1, 0.15) is 12.7 Å². The number of nitrogens with zero attached hydrogens (tertiary/aromatic N) is 2. The maximum absolute atomic E-state index is 13.4. The van der Waals surface area contributed by atoms with Gasteiger partial charge in [0, 0.05) is 39.3 Å². The molecule has 0 N–H and O–H groups in total. The van der Waals surface area contributed by atoms with E-state index in [1.54, 1.807) is 18.2 Å². The molecule has 1 unspecified atom stereocenters. The molecule has 0 aliphatic carbocycles. The molecule has 1 aromatic carbocycles. The van der Waals surface area contributed by atoms with Crippen molar-refractivity contribution in [2.75, 3.05) is 45.9 Å². The molecule has 2 saturated heterocycles. The lowest BCUT2D eigenvalue weighted by Crippen LogP contribution is -2.52. The monoisotopic (exact) mass is 322 g/mol. The number of hydrogen-bond acceptors (Lipinski definition) is 4. The number of carbonyl (C=O) groups is 1. The van der Waals surface area contributed by atoms with Crippen LogP contribution in [0.5, 0.6) is 5.75 Å². The molecule has 3 rings (SSSR count). The number of rotatable bonds is 5. The number of halogens is 1. The van der Waals surface area contributed by atoms with Crippen LogP contribution in [-0.4, -0.2) is 67.7 Å². The largest absolute Gasteiger partial charge is 0.489 e. The molecule has 0 aromatic heterocycles. The van der Waals surface area contributed by atoms with E-state index in [9.17, 15) is 9.18 Å². The third-order valence-corrected chi connectivity index (χ3v) is 4.39. The molecule has 1 atom stereocenters. The standard InChI is InChI=1S/C17H23FN2O3/c18-14-4-1-2-5-15(14)23-13-11-19-7-9-20(10-8-19)17(21)16-6-3-12-22-16/h1-2,4-5,16H,3,6-13H2. The Bertz CT molecular complexity index is 526. The minimum atomic E-state index is -0.334. The van der Waals surface area contributed by atoms with Gasteiger partial charge in [0.2, 0.25) is 0 Å². The second-order valence-electron chi connectivity index (χ2n) is 5.95. The van der Waals surface area contributed by atoms with E-state index in [1.165, 1.54) is 6.07 Å². The summed E-state index contributed by atoms with van der Waals surface area (Å²) in [6.45, 7) is 4.95. The Morgan fingerprint density at radius 2 is 2.04 bits per heavy atom. The molecule has 5 nitrogen and oxygen atoms in total. The zero-order chi connectivity index (χ0) is 16.1. The molecule has 6 heteroatoms. The molecule has 2 aliphatic heterocycles. The molecule has 2 heterocycles. The maximum Gasteiger partial charge on any atom is 0.251 e. The summed E-state index contributed by atoms with van der Waals surface area (Å²) in [6.07, 6.45) is 1.59. The number of ether oxygens (including phenoxy) is 2. The van der Waals surface area contributed by atoms with Crippen molar-refractivity contribution in [1.29, 1.82) is 0 Å². The highest BCUT2D eigenvalue weighted by Gasteiger charge is 2.30. The van der Waals surface area contributed by atoms with Crippen LogP contribution in [0.25, 0.3) is 0 Å². The average molecular weight is 322 g/mol. The number of amides is 1. The van der Waals surface area contributed by atoms with Crippen molar-refractivity contribution in [3.8, 4) is 5.75 Å². The third-order valence-electron chi connectivity index (χ3n) is 4.39. The van der Waals surface area contributed by atoms with Crippen LogP contribution in [-0.2, 0) is 9.53 Å². The summed E-state index contributed by atoms with van der Waals surface area (Å²) in [7, 11) is 0. The third kappa shape index (κ3) is 4.20. The highest BCUT2D eigenvalue weighted by molar-refractivity contribution is 5.81. The van der Waals surface area contributed by atoms with Crippen LogP contribution >= 0.6 is 0 Å². The SMILES string of the molecule is O=C(C1CCCO1)N1CCN(CCOc2ccccc2F)CC1. The van der Waals surface area contributed by atoms with Crippen LogP contribution in [0.15, 0.2) is 24.3 Å². The van der Waals surface area contributed by atoms with E-state index in [2.05, 4.69) is 4.90 Å². The molecule has 2 fully saturated rings. The fourth-order valence-electron chi connectivity index (χ4n) is 3.01. The first-order valence-corrected chi connectivity index (χ1v) is 8.24. The van der Waals surface area contributed by atoms with E-state index in [-0.39, 0.29) is 17.8 Å². The van der Waals surface area contributed by atoms with Gasteiger partial charge >= 0.3 is 0 Å². The minimum absolute atomic E-state index is 0.129. The lowest BCUT2D eigenvalue weighted by Gasteiger charge is -2.35. The first-order valence-electron chi connectivity index (χ1n) is 8.24. The van der Waals surface area contributed by atoms with Gasteiger partial charge in [0.15, 0.2) is 11.6 Å². The van der Waals surface area contributed by atoms with E-state index < -0.39 is 0 Å². The Hall–Kier alpha value is -1.66. The molecule has 126 valence electrons. The Morgan fingerprint density at radius 3 is 2.74 bits per heavy atom. The molecular weight excluding hydrogens is 299 g/mol. The zero-order valence-electron chi connectivity index (χ0n) is 13.2. The van der Waals surface area contributed by atoms with Gasteiger partial charge in [-0.15, -0.1) is 0 Å². The van der Waals surface area contributed by atoms with E-state index in [1.807, 2.05) is 4.90 Å². The van der Waals surface area contributed by atoms with E-state index >= 15 is 0 Å². The molecule has 1 amide bonds. The predicted molar refractivity (Wildman–Crippen MR) is 83.9 cm³/mol. The van der Waals surface area contributed by atoms with E-state index in [4.69, 9.17) is 9.47 Å². The minimum Gasteiger partial charge on any atom is -0.489 e. The molecule has 23 heavy (non-hydrogen) atoms. The first-order chi connectivity index (χ1) is 11.2. The number of para-hydroxylation sites is 1. The predicted octanol–water partition coefficient (Wildman–Crippen LogP) is 1.53. The van der Waals surface area contributed by atoms with Crippen molar-refractivity contribution in [3.63, 3.8) is 0 Å². The van der Waals surface area contributed by atoms with Crippen LogP contribution in [0, 0.1) is 5.82 Å². The van der Waals surface area contributed by atoms with Crippen molar-refractivity contribution >= 4 is 5.91 Å². The highest BCUT2D eigenvalue weighted by atomic mass is 19.1. The topological polar surface area (TPSA) is 42.0 Å².